The van der Waals surface area contributed by atoms with Gasteiger partial charge in [0.05, 0.1) is 30.6 Å². The van der Waals surface area contributed by atoms with Crippen LogP contribution in [0.2, 0.25) is 5.02 Å². The maximum Gasteiger partial charge on any atom is 0.409 e. The number of nitrogens with one attached hydrogen (secondary N) is 1. The highest BCUT2D eigenvalue weighted by Gasteiger charge is 2.64. The Balaban J connectivity index is 1.02. The van der Waals surface area contributed by atoms with Gasteiger partial charge in [0.2, 0.25) is 23.6 Å². The number of methoxy groups -OCH3 is 2. The molecular formula is C55H67ClN4O13S. The molecule has 0 aromatic heterocycles. The van der Waals surface area contributed by atoms with Crippen molar-refractivity contribution in [3.8, 4) is 18.1 Å². The van der Waals surface area contributed by atoms with E-state index in [9.17, 15) is 38.7 Å². The summed E-state index contributed by atoms with van der Waals surface area (Å²) in [7, 11) is 5.90. The van der Waals surface area contributed by atoms with Crippen molar-refractivity contribution in [2.75, 3.05) is 39.0 Å². The number of thioether (sulfide) groups is 1. The molecule has 2 aromatic rings. The summed E-state index contributed by atoms with van der Waals surface area (Å²) in [6.45, 7) is 8.96. The van der Waals surface area contributed by atoms with Crippen molar-refractivity contribution in [3.63, 3.8) is 0 Å². The number of hydrogen-bond donors (Lipinski definition) is 2. The molecule has 5 aliphatic rings. The number of imide groups is 1. The molecule has 4 fully saturated rings. The Kier molecular flexibility index (Phi) is 17.4. The summed E-state index contributed by atoms with van der Waals surface area (Å²) < 4.78 is 29.5. The lowest BCUT2D eigenvalue weighted by molar-refractivity contribution is -0.162. The highest BCUT2D eigenvalue weighted by molar-refractivity contribution is 8.00. The van der Waals surface area contributed by atoms with Gasteiger partial charge in [0.1, 0.15) is 40.7 Å². The quantitative estimate of drug-likeness (QED) is 0.0762. The molecular weight excluding hydrogens is 992 g/mol. The van der Waals surface area contributed by atoms with Crippen LogP contribution in [-0.2, 0) is 49.3 Å². The Bertz CT molecular complexity index is 2650. The molecule has 5 amide bonds. The Hall–Kier alpha value is -5.71. The third-order valence-corrected chi connectivity index (χ3v) is 17.2. The number of carbonyl (C=O) groups is 7. The molecule has 3 unspecified atom stereocenters. The minimum atomic E-state index is -1.88. The third kappa shape index (κ3) is 11.7. The van der Waals surface area contributed by atoms with E-state index in [0.717, 1.165) is 29.4 Å². The number of halogens is 1. The van der Waals surface area contributed by atoms with Gasteiger partial charge in [-0.2, -0.15) is 0 Å². The van der Waals surface area contributed by atoms with Crippen molar-refractivity contribution in [2.24, 2.45) is 11.8 Å². The van der Waals surface area contributed by atoms with Crippen LogP contribution in [0.3, 0.4) is 0 Å². The monoisotopic (exact) mass is 1060 g/mol. The first-order valence-electron chi connectivity index (χ1n) is 25.0. The molecule has 1 saturated carbocycles. The van der Waals surface area contributed by atoms with Gasteiger partial charge in [0, 0.05) is 69.3 Å². The number of nitrogens with zero attached hydrogens (tertiary/aromatic N) is 3. The summed E-state index contributed by atoms with van der Waals surface area (Å²) in [4.78, 5) is 98.1. The Morgan fingerprint density at radius 1 is 1.12 bits per heavy atom. The molecule has 12 atom stereocenters. The molecule has 1 aliphatic carbocycles. The van der Waals surface area contributed by atoms with Gasteiger partial charge < -0.3 is 38.6 Å². The van der Waals surface area contributed by atoms with Crippen LogP contribution in [0.1, 0.15) is 113 Å². The lowest BCUT2D eigenvalue weighted by Gasteiger charge is -2.42. The van der Waals surface area contributed by atoms with Crippen LogP contribution >= 0.6 is 23.4 Å². The summed E-state index contributed by atoms with van der Waals surface area (Å²) in [5.74, 6) is 0.503. The van der Waals surface area contributed by atoms with Gasteiger partial charge in [-0.3, -0.25) is 34.2 Å². The van der Waals surface area contributed by atoms with Crippen molar-refractivity contribution in [1.29, 1.82) is 0 Å². The van der Waals surface area contributed by atoms with Crippen LogP contribution in [0, 0.1) is 24.2 Å². The number of terminal acetylenes is 1. The number of aliphatic hydroxyl groups is 1. The van der Waals surface area contributed by atoms with Crippen molar-refractivity contribution in [3.05, 3.63) is 81.4 Å². The molecule has 4 aliphatic heterocycles. The summed E-state index contributed by atoms with van der Waals surface area (Å²) in [5.41, 5.74) is 0.829. The zero-order valence-corrected chi connectivity index (χ0v) is 45.0. The lowest BCUT2D eigenvalue weighted by atomic mass is 9.73. The first kappa shape index (κ1) is 56.0. The van der Waals surface area contributed by atoms with Gasteiger partial charge in [-0.1, -0.05) is 61.2 Å². The van der Waals surface area contributed by atoms with Crippen molar-refractivity contribution in [2.45, 2.75) is 145 Å². The largest absolute Gasteiger partial charge is 0.495 e. The molecule has 0 spiro atoms. The average molecular weight is 1060 g/mol. The molecule has 7 rings (SSSR count). The number of allylic oxidation sites excluding steroid dienone is 3. The van der Waals surface area contributed by atoms with E-state index in [1.54, 1.807) is 51.2 Å². The number of carbonyl (C=O) groups excluding carboxylic acids is 7. The van der Waals surface area contributed by atoms with Crippen molar-refractivity contribution >= 4 is 71.0 Å². The van der Waals surface area contributed by atoms with E-state index in [4.69, 9.17) is 41.7 Å². The summed E-state index contributed by atoms with van der Waals surface area (Å²) in [5, 5.41) is 13.9. The number of hydrogen-bond acceptors (Lipinski definition) is 14. The summed E-state index contributed by atoms with van der Waals surface area (Å²) >= 11 is 8.06. The summed E-state index contributed by atoms with van der Waals surface area (Å²) in [6, 6.07) is 7.70. The first-order chi connectivity index (χ1) is 35.1. The highest BCUT2D eigenvalue weighted by Crippen LogP contribution is 2.49. The second-order valence-corrected chi connectivity index (χ2v) is 22.2. The minimum absolute atomic E-state index is 0.0186. The number of fused-ring (bicyclic) bond motifs is 5. The molecule has 4 bridgehead atoms. The van der Waals surface area contributed by atoms with Crippen LogP contribution in [0.5, 0.6) is 5.75 Å². The molecule has 2 N–H and O–H groups in total. The number of esters is 1. The third-order valence-electron chi connectivity index (χ3n) is 15.6. The molecule has 4 heterocycles. The Morgan fingerprint density at radius 3 is 2.54 bits per heavy atom. The number of likely N-dealkylation sites (tertiary alicyclic amines) is 1. The van der Waals surface area contributed by atoms with E-state index in [1.807, 2.05) is 25.1 Å². The van der Waals surface area contributed by atoms with Gasteiger partial charge in [-0.05, 0) is 93.7 Å². The highest BCUT2D eigenvalue weighted by atomic mass is 35.5. The SMILES string of the molecule is C#Cc1ccc(C2CCC(N3C(=O)CC(SCCC(=O)N(C)[C@@H](C)C(=O)O[C@H]4CC(=O)N(C)c5cc(cc(OC)c5Cl)C/C(C)=C/C=C/[C@@H](OC)[C@@]5(O)C[C@H](OC(=O)N5)[C@@H](C)[C@@H]5O[C@@]45C)C3=O)C[C@H]2C)cc1C=O. The fourth-order valence-corrected chi connectivity index (χ4v) is 12.4. The number of ether oxygens (including phenoxy) is 5. The number of anilines is 1. The van der Waals surface area contributed by atoms with Gasteiger partial charge in [-0.15, -0.1) is 18.2 Å². The molecule has 19 heteroatoms. The second-order valence-electron chi connectivity index (χ2n) is 20.5. The number of aldehydes is 1. The van der Waals surface area contributed by atoms with Crippen LogP contribution < -0.4 is 15.0 Å². The maximum atomic E-state index is 14.4. The second kappa shape index (κ2) is 23.0. The van der Waals surface area contributed by atoms with E-state index in [-0.39, 0.29) is 66.2 Å². The molecule has 2 aromatic carbocycles. The Labute approximate surface area is 442 Å². The van der Waals surface area contributed by atoms with E-state index >= 15 is 0 Å². The number of amides is 5. The fraction of sp³-hybridized carbons (Fsp3) is 0.545. The van der Waals surface area contributed by atoms with Crippen LogP contribution in [0.15, 0.2) is 54.1 Å². The number of alkyl carbamates (subject to hydrolysis) is 1. The van der Waals surface area contributed by atoms with Gasteiger partial charge in [0.15, 0.2) is 12.0 Å². The van der Waals surface area contributed by atoms with Crippen LogP contribution in [-0.4, -0.2) is 144 Å². The minimum Gasteiger partial charge on any atom is -0.495 e. The molecule has 17 nitrogen and oxygen atoms in total. The average Bonchev–Trinajstić information content (AvgIpc) is 3.98. The van der Waals surface area contributed by atoms with Crippen molar-refractivity contribution < 1.29 is 62.4 Å². The van der Waals surface area contributed by atoms with E-state index < -0.39 is 76.8 Å². The number of rotatable bonds is 12. The Morgan fingerprint density at radius 2 is 1.86 bits per heavy atom. The normalized spacial score (nSPS) is 31.9. The predicted molar refractivity (Wildman–Crippen MR) is 278 cm³/mol. The van der Waals surface area contributed by atoms with E-state index in [2.05, 4.69) is 18.2 Å². The lowest BCUT2D eigenvalue weighted by Crippen LogP contribution is -2.63. The summed E-state index contributed by atoms with van der Waals surface area (Å²) in [6.07, 6.45) is 8.66. The molecule has 398 valence electrons. The number of epoxide rings is 1. The van der Waals surface area contributed by atoms with E-state index in [1.165, 1.54) is 54.7 Å². The molecule has 3 saturated heterocycles. The van der Waals surface area contributed by atoms with Crippen LogP contribution in [0.25, 0.3) is 0 Å². The zero-order chi connectivity index (χ0) is 54.0. The first-order valence-corrected chi connectivity index (χ1v) is 26.4. The van der Waals surface area contributed by atoms with Crippen molar-refractivity contribution in [1.82, 2.24) is 15.1 Å². The van der Waals surface area contributed by atoms with E-state index in [0.29, 0.717) is 41.8 Å². The van der Waals surface area contributed by atoms with Gasteiger partial charge >= 0.3 is 12.1 Å². The topological polar surface area (TPSA) is 211 Å². The smallest absolute Gasteiger partial charge is 0.409 e. The number of benzene rings is 2. The van der Waals surface area contributed by atoms with Crippen LogP contribution in [0.4, 0.5) is 10.5 Å². The zero-order valence-electron chi connectivity index (χ0n) is 43.4. The van der Waals surface area contributed by atoms with Gasteiger partial charge in [-0.25, -0.2) is 9.59 Å². The molecule has 0 radical (unpaired) electrons. The fourth-order valence-electron chi connectivity index (χ4n) is 11.0. The maximum absolute atomic E-state index is 14.4. The molecule has 74 heavy (non-hydrogen) atoms. The van der Waals surface area contributed by atoms with Gasteiger partial charge in [0.25, 0.3) is 0 Å². The standard InChI is InChI=1S/C55H67ClN4O13S/c1-11-35-15-16-36(25-37(35)29-61)39-18-17-38(22-31(39)3)60-48(64)26-43(51(60)65)74-20-19-46(62)58(7)33(5)52(66)72-45-27-47(63)59(8)40-23-34(24-41(69-9)49(40)56)21-30(2)13-12-14-44(70-10)55(68)28-42(71-53(67)57-55)32(4)50-54(45,6)73-50/h1,12-16,23-25,29,31-33,38-39,42-45,50,68H,17-22,26-28H2,2-10H3,(H,57,67)/b14-12+,30-13+/t31-,32-,33+,38?,39?,42+,43?,44-,45+,50+,54+,55+/m1/s1. The predicted octanol–water partition coefficient (Wildman–Crippen LogP) is 6.53. The number of likely N-dealkylation sites (N-methyl/N-ethyl adjacent to an activating group) is 1.